The predicted octanol–water partition coefficient (Wildman–Crippen LogP) is 2.74. The minimum Gasteiger partial charge on any atom is -0.481 e. The van der Waals surface area contributed by atoms with E-state index in [1.54, 1.807) is 6.07 Å². The van der Waals surface area contributed by atoms with Gasteiger partial charge in [-0.05, 0) is 36.4 Å². The average molecular weight is 447 g/mol. The van der Waals surface area contributed by atoms with Crippen molar-refractivity contribution in [3.63, 3.8) is 0 Å². The van der Waals surface area contributed by atoms with E-state index in [1.807, 2.05) is 0 Å². The number of nitrogens with one attached hydrogen (secondary N) is 2. The van der Waals surface area contributed by atoms with E-state index in [0.29, 0.717) is 4.68 Å². The average Bonchev–Trinajstić information content (AvgIpc) is 3.21. The highest BCUT2D eigenvalue weighted by Crippen LogP contribution is 2.33. The highest BCUT2D eigenvalue weighted by molar-refractivity contribution is 6.04. The van der Waals surface area contributed by atoms with Gasteiger partial charge in [-0.2, -0.15) is 13.2 Å². The molecule has 0 radical (unpaired) electrons. The number of nitrogens with zero attached hydrogens (tertiary/aromatic N) is 3. The summed E-state index contributed by atoms with van der Waals surface area (Å²) < 4.78 is 41.5. The molecule has 166 valence electrons. The lowest BCUT2D eigenvalue weighted by molar-refractivity contribution is -0.143. The molecule has 0 saturated heterocycles. The molecular formula is C20H16F3N5O4. The number of anilines is 1. The summed E-state index contributed by atoms with van der Waals surface area (Å²) in [7, 11) is 0. The molecule has 3 rings (SSSR count). The Morgan fingerprint density at radius 1 is 0.969 bits per heavy atom. The molecule has 0 bridgehead atoms. The van der Waals surface area contributed by atoms with Gasteiger partial charge < -0.3 is 15.7 Å². The molecule has 3 aromatic rings. The number of alkyl halides is 3. The van der Waals surface area contributed by atoms with Gasteiger partial charge >= 0.3 is 12.1 Å². The van der Waals surface area contributed by atoms with E-state index >= 15 is 0 Å². The lowest BCUT2D eigenvalue weighted by atomic mass is 10.2. The van der Waals surface area contributed by atoms with Crippen molar-refractivity contribution in [1.29, 1.82) is 0 Å². The number of hydrogen-bond donors (Lipinski definition) is 3. The molecule has 1 aromatic heterocycles. The summed E-state index contributed by atoms with van der Waals surface area (Å²) in [5.41, 5.74) is -1.84. The predicted molar refractivity (Wildman–Crippen MR) is 105 cm³/mol. The molecule has 2 amide bonds. The number of rotatable bonds is 7. The summed E-state index contributed by atoms with van der Waals surface area (Å²) in [6, 6.07) is 12.8. The molecule has 2 aromatic carbocycles. The van der Waals surface area contributed by atoms with Crippen LogP contribution >= 0.6 is 0 Å². The molecule has 0 unspecified atom stereocenters. The van der Waals surface area contributed by atoms with Crippen LogP contribution in [0.15, 0.2) is 54.6 Å². The fourth-order valence-electron chi connectivity index (χ4n) is 2.72. The first-order chi connectivity index (χ1) is 15.2. The van der Waals surface area contributed by atoms with Crippen LogP contribution in [0.5, 0.6) is 0 Å². The van der Waals surface area contributed by atoms with Gasteiger partial charge in [-0.25, -0.2) is 4.68 Å². The van der Waals surface area contributed by atoms with E-state index in [4.69, 9.17) is 5.11 Å². The largest absolute Gasteiger partial charge is 0.481 e. The first-order valence-corrected chi connectivity index (χ1v) is 9.16. The van der Waals surface area contributed by atoms with Crippen molar-refractivity contribution in [2.75, 3.05) is 11.9 Å². The number of carbonyl (C=O) groups excluding carboxylic acids is 2. The Labute approximate surface area is 178 Å². The fraction of sp³-hybridized carbons (Fsp3) is 0.150. The van der Waals surface area contributed by atoms with Crippen LogP contribution in [0.3, 0.4) is 0 Å². The first-order valence-electron chi connectivity index (χ1n) is 9.16. The summed E-state index contributed by atoms with van der Waals surface area (Å²) in [5, 5.41) is 20.2. The van der Waals surface area contributed by atoms with Crippen LogP contribution in [0.1, 0.15) is 33.0 Å². The van der Waals surface area contributed by atoms with Crippen LogP contribution in [0.4, 0.5) is 18.9 Å². The number of aliphatic carboxylic acids is 1. The van der Waals surface area contributed by atoms with Gasteiger partial charge in [0.2, 0.25) is 0 Å². The van der Waals surface area contributed by atoms with Crippen molar-refractivity contribution >= 4 is 23.5 Å². The lowest BCUT2D eigenvalue weighted by Crippen LogP contribution is -2.26. The third-order valence-electron chi connectivity index (χ3n) is 4.18. The maximum absolute atomic E-state index is 13.7. The first kappa shape index (κ1) is 22.5. The van der Waals surface area contributed by atoms with Gasteiger partial charge in [0.1, 0.15) is 0 Å². The van der Waals surface area contributed by atoms with Crippen molar-refractivity contribution in [2.45, 2.75) is 12.6 Å². The molecule has 0 atom stereocenters. The maximum atomic E-state index is 13.7. The zero-order valence-electron chi connectivity index (χ0n) is 16.3. The third-order valence-corrected chi connectivity index (χ3v) is 4.18. The van der Waals surface area contributed by atoms with Gasteiger partial charge in [-0.15, -0.1) is 5.10 Å². The molecule has 9 nitrogen and oxygen atoms in total. The number of carboxylic acids is 1. The fourth-order valence-corrected chi connectivity index (χ4v) is 2.72. The van der Waals surface area contributed by atoms with Gasteiger partial charge in [0.05, 0.1) is 12.1 Å². The van der Waals surface area contributed by atoms with Gasteiger partial charge in [0, 0.05) is 17.8 Å². The molecule has 0 aliphatic carbocycles. The van der Waals surface area contributed by atoms with E-state index in [1.165, 1.54) is 48.5 Å². The molecule has 12 heteroatoms. The lowest BCUT2D eigenvalue weighted by Gasteiger charge is -2.11. The van der Waals surface area contributed by atoms with Crippen LogP contribution in [0.2, 0.25) is 0 Å². The quantitative estimate of drug-likeness (QED) is 0.511. The molecule has 32 heavy (non-hydrogen) atoms. The number of carboxylic acid groups (broad SMARTS) is 1. The van der Waals surface area contributed by atoms with Gasteiger partial charge in [-0.1, -0.05) is 23.4 Å². The zero-order valence-corrected chi connectivity index (χ0v) is 16.3. The Kier molecular flexibility index (Phi) is 6.52. The Morgan fingerprint density at radius 2 is 1.62 bits per heavy atom. The molecule has 0 aliphatic rings. The van der Waals surface area contributed by atoms with Crippen molar-refractivity contribution in [1.82, 2.24) is 20.3 Å². The molecule has 3 N–H and O–H groups in total. The Bertz CT molecular complexity index is 1130. The maximum Gasteiger partial charge on any atom is 0.435 e. The molecule has 1 heterocycles. The van der Waals surface area contributed by atoms with Crippen LogP contribution in [-0.2, 0) is 11.0 Å². The number of halogens is 3. The van der Waals surface area contributed by atoms with Crippen LogP contribution in [0.25, 0.3) is 5.69 Å². The second-order valence-electron chi connectivity index (χ2n) is 6.46. The monoisotopic (exact) mass is 447 g/mol. The van der Waals surface area contributed by atoms with E-state index in [-0.39, 0.29) is 29.9 Å². The summed E-state index contributed by atoms with van der Waals surface area (Å²) in [6.07, 6.45) is -5.14. The van der Waals surface area contributed by atoms with Crippen LogP contribution in [0, 0.1) is 0 Å². The summed E-state index contributed by atoms with van der Waals surface area (Å²) in [4.78, 5) is 34.9. The highest BCUT2D eigenvalue weighted by atomic mass is 19.4. The molecule has 0 aliphatic heterocycles. The molecule has 0 saturated carbocycles. The normalized spacial score (nSPS) is 11.1. The summed E-state index contributed by atoms with van der Waals surface area (Å²) >= 11 is 0. The van der Waals surface area contributed by atoms with Gasteiger partial charge in [0.15, 0.2) is 11.4 Å². The third kappa shape index (κ3) is 5.28. The Hall–Kier alpha value is -4.22. The second kappa shape index (κ2) is 9.29. The molecule has 0 fully saturated rings. The number of amides is 2. The smallest absolute Gasteiger partial charge is 0.435 e. The highest BCUT2D eigenvalue weighted by Gasteiger charge is 2.42. The van der Waals surface area contributed by atoms with Crippen molar-refractivity contribution in [3.05, 3.63) is 71.5 Å². The second-order valence-corrected chi connectivity index (χ2v) is 6.46. The van der Waals surface area contributed by atoms with Crippen LogP contribution < -0.4 is 10.6 Å². The van der Waals surface area contributed by atoms with Crippen molar-refractivity contribution in [2.24, 2.45) is 0 Å². The Morgan fingerprint density at radius 3 is 2.22 bits per heavy atom. The van der Waals surface area contributed by atoms with Gasteiger partial charge in [-0.3, -0.25) is 14.4 Å². The summed E-state index contributed by atoms with van der Waals surface area (Å²) in [5.74, 6) is -2.72. The van der Waals surface area contributed by atoms with Crippen molar-refractivity contribution < 1.29 is 32.7 Å². The summed E-state index contributed by atoms with van der Waals surface area (Å²) in [6.45, 7) is -0.0655. The van der Waals surface area contributed by atoms with E-state index in [9.17, 15) is 27.6 Å². The number of benzene rings is 2. The molecular weight excluding hydrogens is 431 g/mol. The topological polar surface area (TPSA) is 126 Å². The minimum absolute atomic E-state index is 0.0655. The minimum atomic E-state index is -4.90. The van der Waals surface area contributed by atoms with Crippen molar-refractivity contribution in [3.8, 4) is 5.69 Å². The van der Waals surface area contributed by atoms with E-state index in [2.05, 4.69) is 20.9 Å². The Balaban J connectivity index is 1.77. The number of para-hydroxylation sites is 1. The van der Waals surface area contributed by atoms with E-state index in [0.717, 1.165) is 0 Å². The standard InChI is InChI=1S/C20H16F3N5O4/c21-20(22,23)17-16(26-27-28(17)14-4-2-1-3-5-14)19(32)25-13-8-6-12(7-9-13)18(31)24-11-10-15(29)30/h1-9H,10-11H2,(H,24,31)(H,25,32)(H,29,30). The number of carbonyl (C=O) groups is 3. The zero-order chi connectivity index (χ0) is 23.3. The number of aromatic nitrogens is 3. The van der Waals surface area contributed by atoms with Crippen LogP contribution in [-0.4, -0.2) is 44.4 Å². The number of hydrogen-bond acceptors (Lipinski definition) is 5. The molecule has 0 spiro atoms. The van der Waals surface area contributed by atoms with Gasteiger partial charge in [0.25, 0.3) is 11.8 Å². The SMILES string of the molecule is O=C(O)CCNC(=O)c1ccc(NC(=O)c2nnn(-c3ccccc3)c2C(F)(F)F)cc1. The van der Waals surface area contributed by atoms with E-state index < -0.39 is 35.3 Å².